The molecule has 1 atom stereocenters. The zero-order chi connectivity index (χ0) is 25.5. The van der Waals surface area contributed by atoms with Gasteiger partial charge in [0.2, 0.25) is 0 Å². The first-order valence-corrected chi connectivity index (χ1v) is 13.3. The molecule has 0 heterocycles. The van der Waals surface area contributed by atoms with E-state index in [1.54, 1.807) is 0 Å². The average molecular weight is 496 g/mol. The maximum absolute atomic E-state index is 13.3. The van der Waals surface area contributed by atoms with Crippen molar-refractivity contribution in [2.24, 2.45) is 16.7 Å². The zero-order valence-electron chi connectivity index (χ0n) is 21.9. The molecule has 0 radical (unpaired) electrons. The molecule has 1 unspecified atom stereocenters. The highest BCUT2D eigenvalue weighted by Gasteiger charge is 2.45. The Bertz CT molecular complexity index is 942. The molecule has 0 N–H and O–H groups in total. The number of nitrogens with zero attached hydrogens (tertiary/aromatic N) is 1. The molecular formula is C31H42ClNO2. The fourth-order valence-corrected chi connectivity index (χ4v) is 5.68. The number of ether oxygens (including phenoxy) is 1. The lowest BCUT2D eigenvalue weighted by molar-refractivity contribution is -0.0106. The Balaban J connectivity index is 1.73. The van der Waals surface area contributed by atoms with Crippen LogP contribution in [0.2, 0.25) is 5.02 Å². The maximum Gasteiger partial charge on any atom is 0.410 e. The van der Waals surface area contributed by atoms with E-state index < -0.39 is 0 Å². The molecule has 0 saturated heterocycles. The minimum atomic E-state index is -0.238. The van der Waals surface area contributed by atoms with E-state index in [9.17, 15) is 4.79 Å². The largest absolute Gasteiger partial charge is 0.445 e. The summed E-state index contributed by atoms with van der Waals surface area (Å²) in [7, 11) is 0. The highest BCUT2D eigenvalue weighted by Crippen LogP contribution is 2.53. The van der Waals surface area contributed by atoms with Crippen LogP contribution in [0, 0.1) is 16.7 Å². The Labute approximate surface area is 217 Å². The summed E-state index contributed by atoms with van der Waals surface area (Å²) in [6.07, 6.45) is 8.25. The Kier molecular flexibility index (Phi) is 9.47. The number of carbonyl (C=O) groups excluding carboxylic acids is 1. The lowest BCUT2D eigenvalue weighted by atomic mass is 9.55. The van der Waals surface area contributed by atoms with Crippen molar-refractivity contribution in [1.29, 1.82) is 0 Å². The molecule has 3 rings (SSSR count). The van der Waals surface area contributed by atoms with E-state index >= 15 is 0 Å². The fraction of sp³-hybridized carbons (Fsp3) is 0.516. The molecule has 0 spiro atoms. The van der Waals surface area contributed by atoms with Crippen LogP contribution >= 0.6 is 11.6 Å². The van der Waals surface area contributed by atoms with Crippen LogP contribution in [-0.4, -0.2) is 17.0 Å². The van der Waals surface area contributed by atoms with Gasteiger partial charge < -0.3 is 9.64 Å². The van der Waals surface area contributed by atoms with Crippen LogP contribution in [0.5, 0.6) is 0 Å². The van der Waals surface area contributed by atoms with Gasteiger partial charge >= 0.3 is 6.09 Å². The lowest BCUT2D eigenvalue weighted by Gasteiger charge is -2.51. The summed E-state index contributed by atoms with van der Waals surface area (Å²) >= 11 is 6.10. The third kappa shape index (κ3) is 7.13. The summed E-state index contributed by atoms with van der Waals surface area (Å²) in [4.78, 5) is 15.3. The predicted molar refractivity (Wildman–Crippen MR) is 146 cm³/mol. The molecule has 0 aromatic heterocycles. The first-order valence-electron chi connectivity index (χ1n) is 13.0. The topological polar surface area (TPSA) is 29.5 Å². The summed E-state index contributed by atoms with van der Waals surface area (Å²) in [6.45, 7) is 14.4. The minimum Gasteiger partial charge on any atom is -0.445 e. The molecular weight excluding hydrogens is 454 g/mol. The van der Waals surface area contributed by atoms with Crippen molar-refractivity contribution in [2.75, 3.05) is 0 Å². The molecule has 1 aliphatic rings. The fourth-order valence-electron chi connectivity index (χ4n) is 5.55. The van der Waals surface area contributed by atoms with E-state index in [-0.39, 0.29) is 29.6 Å². The van der Waals surface area contributed by atoms with Crippen LogP contribution in [0.1, 0.15) is 77.3 Å². The number of allylic oxidation sites excluding steroid dienone is 1. The first-order chi connectivity index (χ1) is 16.6. The Morgan fingerprint density at radius 3 is 2.20 bits per heavy atom. The van der Waals surface area contributed by atoms with Crippen LogP contribution in [0.25, 0.3) is 0 Å². The summed E-state index contributed by atoms with van der Waals surface area (Å²) in [5, 5.41) is 0.702. The molecule has 2 aromatic rings. The molecule has 4 heteroatoms. The van der Waals surface area contributed by atoms with Gasteiger partial charge in [-0.15, -0.1) is 6.58 Å². The normalized spacial score (nSPS) is 20.0. The number of halogens is 1. The van der Waals surface area contributed by atoms with Gasteiger partial charge in [-0.25, -0.2) is 4.79 Å². The number of carbonyl (C=O) groups is 1. The van der Waals surface area contributed by atoms with Gasteiger partial charge in [0, 0.05) is 17.6 Å². The molecule has 2 aromatic carbocycles. The molecule has 35 heavy (non-hydrogen) atoms. The Morgan fingerprint density at radius 1 is 1.00 bits per heavy atom. The lowest BCUT2D eigenvalue weighted by Crippen LogP contribution is -2.46. The van der Waals surface area contributed by atoms with Gasteiger partial charge in [-0.1, -0.05) is 87.8 Å². The van der Waals surface area contributed by atoms with Crippen molar-refractivity contribution >= 4 is 17.7 Å². The summed E-state index contributed by atoms with van der Waals surface area (Å²) in [5.41, 5.74) is 2.52. The Morgan fingerprint density at radius 2 is 1.63 bits per heavy atom. The van der Waals surface area contributed by atoms with E-state index in [1.807, 2.05) is 65.6 Å². The van der Waals surface area contributed by atoms with Crippen LogP contribution in [0.15, 0.2) is 67.3 Å². The van der Waals surface area contributed by atoms with E-state index in [0.717, 1.165) is 49.7 Å². The monoisotopic (exact) mass is 495 g/mol. The van der Waals surface area contributed by atoms with Crippen molar-refractivity contribution in [2.45, 2.75) is 85.4 Å². The van der Waals surface area contributed by atoms with Crippen molar-refractivity contribution < 1.29 is 9.53 Å². The van der Waals surface area contributed by atoms with Gasteiger partial charge in [0.25, 0.3) is 0 Å². The number of rotatable bonds is 9. The molecule has 0 bridgehead atoms. The molecule has 1 fully saturated rings. The van der Waals surface area contributed by atoms with Gasteiger partial charge in [0.1, 0.15) is 6.61 Å². The highest BCUT2D eigenvalue weighted by molar-refractivity contribution is 6.30. The second-order valence-corrected chi connectivity index (χ2v) is 11.7. The quantitative estimate of drug-likeness (QED) is 0.324. The molecule has 3 nitrogen and oxygen atoms in total. The number of amides is 1. The third-order valence-electron chi connectivity index (χ3n) is 8.33. The van der Waals surface area contributed by atoms with Gasteiger partial charge in [-0.2, -0.15) is 0 Å². The average Bonchev–Trinajstić information content (AvgIpc) is 2.85. The van der Waals surface area contributed by atoms with Gasteiger partial charge in [0.15, 0.2) is 0 Å². The second kappa shape index (κ2) is 12.1. The predicted octanol–water partition coefficient (Wildman–Crippen LogP) is 9.06. The van der Waals surface area contributed by atoms with E-state index in [1.165, 1.54) is 0 Å². The standard InChI is InChI=1S/C31H42ClNO2/c1-6-7-21-31(5,30(2,3)4)26-15-19-28(20-16-26)33(22-24-13-17-27(32)18-14-24)29(34)35-23-25-11-9-8-10-12-25/h6,8-14,17-18,26,28H,1,7,15-16,19-23H2,2-5H3/t26-,28+,31?. The van der Waals surface area contributed by atoms with Crippen molar-refractivity contribution in [3.8, 4) is 0 Å². The Hall–Kier alpha value is -2.26. The number of hydrogen-bond donors (Lipinski definition) is 0. The summed E-state index contributed by atoms with van der Waals surface area (Å²) < 4.78 is 5.79. The highest BCUT2D eigenvalue weighted by atomic mass is 35.5. The summed E-state index contributed by atoms with van der Waals surface area (Å²) in [6, 6.07) is 17.8. The van der Waals surface area contributed by atoms with Crippen LogP contribution in [0.4, 0.5) is 4.79 Å². The van der Waals surface area contributed by atoms with Gasteiger partial charge in [-0.3, -0.25) is 0 Å². The molecule has 1 saturated carbocycles. The SMILES string of the molecule is C=CCCC(C)([C@H]1CC[C@@H](N(Cc2ccc(Cl)cc2)C(=O)OCc2ccccc2)CC1)C(C)(C)C. The van der Waals surface area contributed by atoms with Crippen LogP contribution in [-0.2, 0) is 17.9 Å². The minimum absolute atomic E-state index is 0.175. The molecule has 0 aliphatic heterocycles. The van der Waals surface area contributed by atoms with Crippen LogP contribution in [0.3, 0.4) is 0 Å². The third-order valence-corrected chi connectivity index (χ3v) is 8.58. The second-order valence-electron chi connectivity index (χ2n) is 11.3. The van der Waals surface area contributed by atoms with Gasteiger partial charge in [0.05, 0.1) is 0 Å². The van der Waals surface area contributed by atoms with E-state index in [0.29, 0.717) is 17.5 Å². The van der Waals surface area contributed by atoms with E-state index in [2.05, 4.69) is 34.3 Å². The first kappa shape index (κ1) is 27.3. The maximum atomic E-state index is 13.3. The molecule has 190 valence electrons. The zero-order valence-corrected chi connectivity index (χ0v) is 22.7. The van der Waals surface area contributed by atoms with Crippen molar-refractivity contribution in [1.82, 2.24) is 4.90 Å². The smallest absolute Gasteiger partial charge is 0.410 e. The molecule has 1 amide bonds. The van der Waals surface area contributed by atoms with Crippen molar-refractivity contribution in [3.05, 3.63) is 83.4 Å². The van der Waals surface area contributed by atoms with Crippen LogP contribution < -0.4 is 0 Å². The number of hydrogen-bond acceptors (Lipinski definition) is 2. The van der Waals surface area contributed by atoms with Gasteiger partial charge in [-0.05, 0) is 78.5 Å². The number of benzene rings is 2. The van der Waals surface area contributed by atoms with Crippen molar-refractivity contribution in [3.63, 3.8) is 0 Å². The van der Waals surface area contributed by atoms with E-state index in [4.69, 9.17) is 16.3 Å². The molecule has 1 aliphatic carbocycles. The summed E-state index contributed by atoms with van der Waals surface area (Å²) in [5.74, 6) is 0.636.